The summed E-state index contributed by atoms with van der Waals surface area (Å²) in [6.07, 6.45) is 2.85. The Morgan fingerprint density at radius 3 is 2.96 bits per heavy atom. The Bertz CT molecular complexity index is 828. The molecule has 2 aliphatic heterocycles. The second kappa shape index (κ2) is 6.43. The number of piperidine rings is 1. The predicted molar refractivity (Wildman–Crippen MR) is 89.0 cm³/mol. The standard InChI is InChI=1S/C16H19FN6O3/c1-10-14(23-6-3-13-18-4-7-22(13)23)19-9-20-15(10)26-12-2-5-21(16(24)25)8-11(12)17/h4,7,9,11-12H,2-3,5-6,8H2,1H3,(H,24,25)/t11-,12+/m1/s1. The van der Waals surface area contributed by atoms with Crippen LogP contribution in [0.4, 0.5) is 15.0 Å². The van der Waals surface area contributed by atoms with Gasteiger partial charge in [0.1, 0.15) is 18.3 Å². The number of ether oxygens (including phenoxy) is 1. The van der Waals surface area contributed by atoms with E-state index < -0.39 is 18.4 Å². The number of hydrogen-bond acceptors (Lipinski definition) is 6. The molecule has 0 saturated carbocycles. The Kier molecular flexibility index (Phi) is 4.09. The van der Waals surface area contributed by atoms with Crippen LogP contribution in [0.5, 0.6) is 5.88 Å². The number of amides is 1. The fraction of sp³-hybridized carbons (Fsp3) is 0.500. The molecule has 2 aromatic rings. The van der Waals surface area contributed by atoms with Crippen molar-refractivity contribution >= 4 is 11.9 Å². The van der Waals surface area contributed by atoms with Gasteiger partial charge in [-0.15, -0.1) is 0 Å². The highest BCUT2D eigenvalue weighted by molar-refractivity contribution is 5.65. The number of nitrogens with zero attached hydrogens (tertiary/aromatic N) is 6. The van der Waals surface area contributed by atoms with Crippen molar-refractivity contribution in [1.29, 1.82) is 0 Å². The van der Waals surface area contributed by atoms with Crippen LogP contribution in [0.1, 0.15) is 17.8 Å². The minimum Gasteiger partial charge on any atom is -0.471 e. The fourth-order valence-corrected chi connectivity index (χ4v) is 3.39. The molecule has 10 heteroatoms. The summed E-state index contributed by atoms with van der Waals surface area (Å²) < 4.78 is 22.1. The molecule has 1 N–H and O–H groups in total. The Morgan fingerprint density at radius 2 is 2.19 bits per heavy atom. The normalized spacial score (nSPS) is 22.4. The number of alkyl halides is 1. The largest absolute Gasteiger partial charge is 0.471 e. The monoisotopic (exact) mass is 362 g/mol. The van der Waals surface area contributed by atoms with Gasteiger partial charge in [-0.1, -0.05) is 0 Å². The number of fused-ring (bicyclic) bond motifs is 1. The van der Waals surface area contributed by atoms with Crippen LogP contribution < -0.4 is 9.75 Å². The van der Waals surface area contributed by atoms with Gasteiger partial charge in [0.2, 0.25) is 5.88 Å². The Balaban J connectivity index is 1.53. The number of hydrogen-bond donors (Lipinski definition) is 1. The highest BCUT2D eigenvalue weighted by atomic mass is 19.1. The van der Waals surface area contributed by atoms with Crippen LogP contribution in [-0.2, 0) is 6.42 Å². The molecule has 0 unspecified atom stereocenters. The maximum atomic E-state index is 14.3. The molecule has 0 aliphatic carbocycles. The van der Waals surface area contributed by atoms with Crippen molar-refractivity contribution in [2.24, 2.45) is 0 Å². The highest BCUT2D eigenvalue weighted by Gasteiger charge is 2.34. The van der Waals surface area contributed by atoms with Crippen molar-refractivity contribution in [1.82, 2.24) is 24.5 Å². The van der Waals surface area contributed by atoms with Crippen LogP contribution in [0.15, 0.2) is 18.7 Å². The quantitative estimate of drug-likeness (QED) is 0.878. The average Bonchev–Trinajstić information content (AvgIpc) is 3.22. The zero-order valence-electron chi connectivity index (χ0n) is 14.2. The number of rotatable bonds is 3. The van der Waals surface area contributed by atoms with E-state index in [2.05, 4.69) is 15.0 Å². The molecular weight excluding hydrogens is 343 g/mol. The number of likely N-dealkylation sites (tertiary alicyclic amines) is 1. The van der Waals surface area contributed by atoms with E-state index in [0.717, 1.165) is 23.7 Å². The van der Waals surface area contributed by atoms with Gasteiger partial charge in [-0.05, 0) is 6.92 Å². The molecule has 26 heavy (non-hydrogen) atoms. The van der Waals surface area contributed by atoms with E-state index in [1.165, 1.54) is 6.33 Å². The van der Waals surface area contributed by atoms with Gasteiger partial charge in [0.15, 0.2) is 12.0 Å². The van der Waals surface area contributed by atoms with E-state index in [1.807, 2.05) is 22.8 Å². The zero-order chi connectivity index (χ0) is 18.3. The van der Waals surface area contributed by atoms with Crippen LogP contribution in [0.2, 0.25) is 0 Å². The number of aromatic nitrogens is 4. The van der Waals surface area contributed by atoms with E-state index in [1.54, 1.807) is 6.20 Å². The average molecular weight is 362 g/mol. The summed E-state index contributed by atoms with van der Waals surface area (Å²) in [4.78, 5) is 24.8. The molecular formula is C16H19FN6O3. The second-order valence-corrected chi connectivity index (χ2v) is 6.38. The Morgan fingerprint density at radius 1 is 1.35 bits per heavy atom. The molecule has 0 spiro atoms. The number of carboxylic acid groups (broad SMARTS) is 1. The molecule has 1 saturated heterocycles. The molecule has 2 atom stereocenters. The molecule has 4 rings (SSSR count). The lowest BCUT2D eigenvalue weighted by atomic mass is 10.1. The molecule has 2 aliphatic rings. The Labute approximate surface area is 149 Å². The van der Waals surface area contributed by atoms with Gasteiger partial charge in [-0.3, -0.25) is 5.01 Å². The molecule has 1 amide bonds. The topological polar surface area (TPSA) is 96.6 Å². The smallest absolute Gasteiger partial charge is 0.407 e. The fourth-order valence-electron chi connectivity index (χ4n) is 3.39. The first-order valence-electron chi connectivity index (χ1n) is 8.45. The molecule has 1 fully saturated rings. The number of halogens is 1. The van der Waals surface area contributed by atoms with Crippen LogP contribution in [0.3, 0.4) is 0 Å². The number of anilines is 1. The van der Waals surface area contributed by atoms with Crippen molar-refractivity contribution in [3.8, 4) is 5.88 Å². The molecule has 4 heterocycles. The zero-order valence-corrected chi connectivity index (χ0v) is 14.2. The van der Waals surface area contributed by atoms with Gasteiger partial charge in [-0.25, -0.2) is 28.8 Å². The molecule has 138 valence electrons. The lowest BCUT2D eigenvalue weighted by Gasteiger charge is -2.33. The summed E-state index contributed by atoms with van der Waals surface area (Å²) >= 11 is 0. The molecule has 2 aromatic heterocycles. The first kappa shape index (κ1) is 16.6. The Hall–Kier alpha value is -2.91. The lowest BCUT2D eigenvalue weighted by molar-refractivity contribution is 0.0222. The summed E-state index contributed by atoms with van der Waals surface area (Å²) in [5.41, 5.74) is 0.710. The number of imidazole rings is 1. The summed E-state index contributed by atoms with van der Waals surface area (Å²) in [6, 6.07) is 0. The van der Waals surface area contributed by atoms with Crippen molar-refractivity contribution in [2.75, 3.05) is 24.6 Å². The van der Waals surface area contributed by atoms with Gasteiger partial charge >= 0.3 is 6.09 Å². The van der Waals surface area contributed by atoms with Gasteiger partial charge < -0.3 is 14.7 Å². The highest BCUT2D eigenvalue weighted by Crippen LogP contribution is 2.29. The molecule has 9 nitrogen and oxygen atoms in total. The van der Waals surface area contributed by atoms with Crippen molar-refractivity contribution in [3.05, 3.63) is 30.1 Å². The third-order valence-electron chi connectivity index (χ3n) is 4.77. The summed E-state index contributed by atoms with van der Waals surface area (Å²) in [7, 11) is 0. The minimum atomic E-state index is -1.40. The summed E-state index contributed by atoms with van der Waals surface area (Å²) in [5.74, 6) is 1.96. The maximum Gasteiger partial charge on any atom is 0.407 e. The molecule has 0 bridgehead atoms. The second-order valence-electron chi connectivity index (χ2n) is 6.38. The SMILES string of the molecule is Cc1c(O[C@H]2CCN(C(=O)O)C[C@H]2F)ncnc1N1CCc2nccn21. The van der Waals surface area contributed by atoms with Crippen LogP contribution in [-0.4, -0.2) is 67.6 Å². The van der Waals surface area contributed by atoms with E-state index in [0.29, 0.717) is 17.3 Å². The van der Waals surface area contributed by atoms with Crippen molar-refractivity contribution in [2.45, 2.75) is 32.0 Å². The van der Waals surface area contributed by atoms with Crippen molar-refractivity contribution in [3.63, 3.8) is 0 Å². The number of carbonyl (C=O) groups is 1. The molecule has 0 aromatic carbocycles. The third-order valence-corrected chi connectivity index (χ3v) is 4.77. The van der Waals surface area contributed by atoms with Crippen LogP contribution in [0.25, 0.3) is 0 Å². The predicted octanol–water partition coefficient (Wildman–Crippen LogP) is 1.28. The first-order chi connectivity index (χ1) is 12.5. The lowest BCUT2D eigenvalue weighted by Crippen LogP contribution is -2.49. The van der Waals surface area contributed by atoms with E-state index in [9.17, 15) is 9.18 Å². The van der Waals surface area contributed by atoms with Gasteiger partial charge in [0.25, 0.3) is 0 Å². The van der Waals surface area contributed by atoms with E-state index >= 15 is 0 Å². The first-order valence-corrected chi connectivity index (χ1v) is 8.45. The van der Waals surface area contributed by atoms with Gasteiger partial charge in [0, 0.05) is 38.3 Å². The summed E-state index contributed by atoms with van der Waals surface area (Å²) in [5, 5.41) is 11.0. The summed E-state index contributed by atoms with van der Waals surface area (Å²) in [6.45, 7) is 2.62. The van der Waals surface area contributed by atoms with Gasteiger partial charge in [-0.2, -0.15) is 0 Å². The maximum absolute atomic E-state index is 14.3. The van der Waals surface area contributed by atoms with Crippen LogP contribution in [0, 0.1) is 6.92 Å². The van der Waals surface area contributed by atoms with Crippen molar-refractivity contribution < 1.29 is 19.0 Å². The van der Waals surface area contributed by atoms with Gasteiger partial charge in [0.05, 0.1) is 12.1 Å². The molecule has 0 radical (unpaired) electrons. The van der Waals surface area contributed by atoms with E-state index in [4.69, 9.17) is 9.84 Å². The minimum absolute atomic E-state index is 0.193. The van der Waals surface area contributed by atoms with Crippen LogP contribution >= 0.6 is 0 Å². The third kappa shape index (κ3) is 2.80. The van der Waals surface area contributed by atoms with E-state index in [-0.39, 0.29) is 19.5 Å².